The monoisotopic (exact) mass is 247 g/mol. The lowest BCUT2D eigenvalue weighted by atomic mass is 10.1. The number of rotatable bonds is 3. The minimum atomic E-state index is 0.566. The molecule has 3 nitrogen and oxygen atoms in total. The average molecular weight is 247 g/mol. The third kappa shape index (κ3) is 3.03. The van der Waals surface area contributed by atoms with E-state index in [-0.39, 0.29) is 0 Å². The molecule has 100 valence electrons. The summed E-state index contributed by atoms with van der Waals surface area (Å²) >= 11 is 0. The Balaban J connectivity index is 2.23. The Morgan fingerprint density at radius 1 is 1.28 bits per heavy atom. The predicted molar refractivity (Wildman–Crippen MR) is 78.1 cm³/mol. The molecule has 1 atom stereocenters. The third-order valence-corrected chi connectivity index (χ3v) is 3.76. The Labute approximate surface area is 111 Å². The summed E-state index contributed by atoms with van der Waals surface area (Å²) in [6.07, 6.45) is 2.20. The molecule has 3 heteroatoms. The fraction of sp³-hybridized carbons (Fsp3) is 0.600. The van der Waals surface area contributed by atoms with Gasteiger partial charge in [0.15, 0.2) is 0 Å². The minimum Gasteiger partial charge on any atom is -0.367 e. The molecule has 1 unspecified atom stereocenters. The van der Waals surface area contributed by atoms with Gasteiger partial charge in [0.05, 0.1) is 0 Å². The molecule has 0 aromatic heterocycles. The van der Waals surface area contributed by atoms with Gasteiger partial charge in [0.2, 0.25) is 0 Å². The number of hydrogen-bond acceptors (Lipinski definition) is 3. The molecule has 0 aliphatic carbocycles. The van der Waals surface area contributed by atoms with E-state index in [0.717, 1.165) is 26.1 Å². The molecule has 18 heavy (non-hydrogen) atoms. The zero-order valence-electron chi connectivity index (χ0n) is 11.6. The van der Waals surface area contributed by atoms with Gasteiger partial charge < -0.3 is 15.5 Å². The van der Waals surface area contributed by atoms with Gasteiger partial charge in [-0.1, -0.05) is 18.2 Å². The van der Waals surface area contributed by atoms with Crippen molar-refractivity contribution in [1.82, 2.24) is 4.90 Å². The molecule has 1 saturated heterocycles. The first kappa shape index (κ1) is 13.4. The van der Waals surface area contributed by atoms with Crippen molar-refractivity contribution in [2.24, 2.45) is 5.73 Å². The van der Waals surface area contributed by atoms with E-state index in [2.05, 4.69) is 48.0 Å². The molecule has 2 N–H and O–H groups in total. The van der Waals surface area contributed by atoms with Crippen LogP contribution in [0.5, 0.6) is 0 Å². The van der Waals surface area contributed by atoms with Gasteiger partial charge in [-0.25, -0.2) is 0 Å². The number of anilines is 1. The Bertz CT molecular complexity index is 378. The van der Waals surface area contributed by atoms with Crippen molar-refractivity contribution in [2.45, 2.75) is 25.8 Å². The van der Waals surface area contributed by atoms with Crippen LogP contribution < -0.4 is 10.6 Å². The molecule has 1 aliphatic heterocycles. The molecule has 2 rings (SSSR count). The largest absolute Gasteiger partial charge is 0.367 e. The van der Waals surface area contributed by atoms with Crippen molar-refractivity contribution in [3.8, 4) is 0 Å². The van der Waals surface area contributed by atoms with Crippen molar-refractivity contribution < 1.29 is 0 Å². The summed E-state index contributed by atoms with van der Waals surface area (Å²) in [5.41, 5.74) is 8.49. The van der Waals surface area contributed by atoms with Gasteiger partial charge in [0.25, 0.3) is 0 Å². The Morgan fingerprint density at radius 2 is 2.06 bits per heavy atom. The zero-order chi connectivity index (χ0) is 13.0. The van der Waals surface area contributed by atoms with Gasteiger partial charge in [-0.2, -0.15) is 0 Å². The highest BCUT2D eigenvalue weighted by Crippen LogP contribution is 2.24. The van der Waals surface area contributed by atoms with E-state index in [4.69, 9.17) is 5.73 Å². The van der Waals surface area contributed by atoms with E-state index in [9.17, 15) is 0 Å². The number of likely N-dealkylation sites (N-methyl/N-ethyl adjacent to an activating group) is 1. The first-order chi connectivity index (χ1) is 8.72. The molecular weight excluding hydrogens is 222 g/mol. The smallest absolute Gasteiger partial charge is 0.0402 e. The summed E-state index contributed by atoms with van der Waals surface area (Å²) in [5.74, 6) is 0. The highest BCUT2D eigenvalue weighted by molar-refractivity contribution is 5.54. The molecule has 1 aromatic rings. The standard InChI is InChI=1S/C15H25N3/c1-13-12-17(2)10-5-11-18(13)15-7-4-3-6-14(15)8-9-16/h3-4,6-7,13H,5,8-12,16H2,1-2H3. The first-order valence-corrected chi connectivity index (χ1v) is 6.95. The van der Waals surface area contributed by atoms with E-state index in [0.29, 0.717) is 6.04 Å². The summed E-state index contributed by atoms with van der Waals surface area (Å²) in [4.78, 5) is 4.98. The topological polar surface area (TPSA) is 32.5 Å². The molecule has 1 aromatic carbocycles. The van der Waals surface area contributed by atoms with Crippen LogP contribution in [-0.4, -0.2) is 44.2 Å². The van der Waals surface area contributed by atoms with Crippen LogP contribution in [0, 0.1) is 0 Å². The molecule has 1 fully saturated rings. The van der Waals surface area contributed by atoms with E-state index >= 15 is 0 Å². The van der Waals surface area contributed by atoms with Crippen LogP contribution in [0.1, 0.15) is 18.9 Å². The van der Waals surface area contributed by atoms with Crippen LogP contribution in [0.2, 0.25) is 0 Å². The summed E-state index contributed by atoms with van der Waals surface area (Å²) in [7, 11) is 2.21. The average Bonchev–Trinajstić information content (AvgIpc) is 2.51. The van der Waals surface area contributed by atoms with Gasteiger partial charge in [0, 0.05) is 24.8 Å². The normalized spacial score (nSPS) is 21.9. The number of nitrogens with zero attached hydrogens (tertiary/aromatic N) is 2. The lowest BCUT2D eigenvalue weighted by Gasteiger charge is -2.32. The van der Waals surface area contributed by atoms with Crippen LogP contribution in [-0.2, 0) is 6.42 Å². The summed E-state index contributed by atoms with van der Waals surface area (Å²) in [5, 5.41) is 0. The van der Waals surface area contributed by atoms with Gasteiger partial charge in [-0.05, 0) is 51.5 Å². The van der Waals surface area contributed by atoms with Crippen molar-refractivity contribution in [3.63, 3.8) is 0 Å². The van der Waals surface area contributed by atoms with E-state index < -0.39 is 0 Å². The van der Waals surface area contributed by atoms with Crippen LogP contribution in [0.4, 0.5) is 5.69 Å². The van der Waals surface area contributed by atoms with Crippen LogP contribution in [0.15, 0.2) is 24.3 Å². The maximum atomic E-state index is 5.72. The van der Waals surface area contributed by atoms with Crippen LogP contribution in [0.25, 0.3) is 0 Å². The van der Waals surface area contributed by atoms with Gasteiger partial charge >= 0.3 is 0 Å². The lowest BCUT2D eigenvalue weighted by molar-refractivity contribution is 0.337. The molecule has 0 spiro atoms. The van der Waals surface area contributed by atoms with Gasteiger partial charge in [0.1, 0.15) is 0 Å². The number of para-hydroxylation sites is 1. The highest BCUT2D eigenvalue weighted by atomic mass is 15.2. The van der Waals surface area contributed by atoms with Gasteiger partial charge in [-0.3, -0.25) is 0 Å². The third-order valence-electron chi connectivity index (χ3n) is 3.76. The minimum absolute atomic E-state index is 0.566. The number of nitrogens with two attached hydrogens (primary N) is 1. The van der Waals surface area contributed by atoms with Crippen molar-refractivity contribution in [1.29, 1.82) is 0 Å². The van der Waals surface area contributed by atoms with Crippen molar-refractivity contribution in [2.75, 3.05) is 38.1 Å². The molecular formula is C15H25N3. The fourth-order valence-electron chi connectivity index (χ4n) is 2.89. The Morgan fingerprint density at radius 3 is 2.83 bits per heavy atom. The SMILES string of the molecule is CC1CN(C)CCCN1c1ccccc1CCN. The molecule has 0 radical (unpaired) electrons. The summed E-state index contributed by atoms with van der Waals surface area (Å²) in [6.45, 7) is 6.52. The second-order valence-electron chi connectivity index (χ2n) is 5.33. The van der Waals surface area contributed by atoms with E-state index in [1.165, 1.54) is 24.2 Å². The van der Waals surface area contributed by atoms with Crippen LogP contribution in [0.3, 0.4) is 0 Å². The van der Waals surface area contributed by atoms with Crippen LogP contribution >= 0.6 is 0 Å². The molecule has 1 heterocycles. The maximum Gasteiger partial charge on any atom is 0.0402 e. The van der Waals surface area contributed by atoms with E-state index in [1.54, 1.807) is 0 Å². The Hall–Kier alpha value is -1.06. The highest BCUT2D eigenvalue weighted by Gasteiger charge is 2.21. The second-order valence-corrected chi connectivity index (χ2v) is 5.33. The molecule has 0 amide bonds. The summed E-state index contributed by atoms with van der Waals surface area (Å²) < 4.78 is 0. The Kier molecular flexibility index (Phi) is 4.61. The predicted octanol–water partition coefficient (Wildman–Crippen LogP) is 1.72. The maximum absolute atomic E-state index is 5.72. The molecule has 0 saturated carbocycles. The van der Waals surface area contributed by atoms with E-state index in [1.807, 2.05) is 0 Å². The molecule has 0 bridgehead atoms. The van der Waals surface area contributed by atoms with Crippen molar-refractivity contribution in [3.05, 3.63) is 29.8 Å². The van der Waals surface area contributed by atoms with Gasteiger partial charge in [-0.15, -0.1) is 0 Å². The summed E-state index contributed by atoms with van der Waals surface area (Å²) in [6, 6.07) is 9.27. The quantitative estimate of drug-likeness (QED) is 0.883. The van der Waals surface area contributed by atoms with Crippen molar-refractivity contribution >= 4 is 5.69 Å². The number of benzene rings is 1. The second kappa shape index (κ2) is 6.21. The zero-order valence-corrected chi connectivity index (χ0v) is 11.6. The number of hydrogen-bond donors (Lipinski definition) is 1. The fourth-order valence-corrected chi connectivity index (χ4v) is 2.89. The first-order valence-electron chi connectivity index (χ1n) is 6.95. The lowest BCUT2D eigenvalue weighted by Crippen LogP contribution is -2.38. The molecule has 1 aliphatic rings.